The molecule has 1 saturated heterocycles. The Kier molecular flexibility index (Phi) is 4.65. The lowest BCUT2D eigenvalue weighted by molar-refractivity contribution is -0.148. The molecule has 2 amide bonds. The lowest BCUT2D eigenvalue weighted by atomic mass is 9.87. The van der Waals surface area contributed by atoms with E-state index in [0.717, 1.165) is 0 Å². The number of amides is 2. The summed E-state index contributed by atoms with van der Waals surface area (Å²) in [5.41, 5.74) is 0.590. The second-order valence-electron chi connectivity index (χ2n) is 6.70. The van der Waals surface area contributed by atoms with Gasteiger partial charge < -0.3 is 14.7 Å². The number of ether oxygens (including phenoxy) is 1. The molecule has 2 aliphatic heterocycles. The summed E-state index contributed by atoms with van der Waals surface area (Å²) in [6.45, 7) is 4.24. The molecule has 2 heterocycles. The standard InChI is InChI=1S/C18H22N2O5/c1-11-9-19(8-7-13(11)18(23)24)16(21)10-20-14-5-3-4-6-15(14)25-12(2)17(20)22/h3-6,11-13H,7-10H2,1-2H3,(H,23,24). The van der Waals surface area contributed by atoms with Gasteiger partial charge in [-0.3, -0.25) is 19.3 Å². The van der Waals surface area contributed by atoms with Gasteiger partial charge >= 0.3 is 5.97 Å². The number of carbonyl (C=O) groups excluding carboxylic acids is 2. The molecular weight excluding hydrogens is 324 g/mol. The summed E-state index contributed by atoms with van der Waals surface area (Å²) in [5.74, 6) is -1.18. The number of fused-ring (bicyclic) bond motifs is 1. The van der Waals surface area contributed by atoms with Crippen molar-refractivity contribution in [1.29, 1.82) is 0 Å². The molecule has 1 fully saturated rings. The fourth-order valence-corrected chi connectivity index (χ4v) is 3.50. The predicted octanol–water partition coefficient (Wildman–Crippen LogP) is 1.37. The second kappa shape index (κ2) is 6.74. The summed E-state index contributed by atoms with van der Waals surface area (Å²) in [4.78, 5) is 39.5. The Morgan fingerprint density at radius 1 is 1.28 bits per heavy atom. The smallest absolute Gasteiger partial charge is 0.306 e. The van der Waals surface area contributed by atoms with E-state index in [-0.39, 0.29) is 24.3 Å². The van der Waals surface area contributed by atoms with E-state index < -0.39 is 18.0 Å². The summed E-state index contributed by atoms with van der Waals surface area (Å²) in [6, 6.07) is 7.14. The Morgan fingerprint density at radius 2 is 2.00 bits per heavy atom. The van der Waals surface area contributed by atoms with Crippen LogP contribution in [-0.2, 0) is 14.4 Å². The molecule has 2 aliphatic rings. The van der Waals surface area contributed by atoms with Crippen LogP contribution in [0.2, 0.25) is 0 Å². The Balaban J connectivity index is 1.73. The fourth-order valence-electron chi connectivity index (χ4n) is 3.50. The van der Waals surface area contributed by atoms with Crippen LogP contribution < -0.4 is 9.64 Å². The van der Waals surface area contributed by atoms with E-state index in [1.165, 1.54) is 4.90 Å². The number of piperidine rings is 1. The second-order valence-corrected chi connectivity index (χ2v) is 6.70. The van der Waals surface area contributed by atoms with Crippen molar-refractivity contribution < 1.29 is 24.2 Å². The van der Waals surface area contributed by atoms with Gasteiger partial charge in [0.05, 0.1) is 11.6 Å². The summed E-state index contributed by atoms with van der Waals surface area (Å²) in [7, 11) is 0. The Bertz CT molecular complexity index is 704. The third kappa shape index (κ3) is 3.31. The van der Waals surface area contributed by atoms with Gasteiger partial charge in [-0.05, 0) is 31.4 Å². The first-order valence-electron chi connectivity index (χ1n) is 8.46. The first-order valence-corrected chi connectivity index (χ1v) is 8.46. The molecule has 3 rings (SSSR count). The highest BCUT2D eigenvalue weighted by molar-refractivity contribution is 6.03. The monoisotopic (exact) mass is 346 g/mol. The quantitative estimate of drug-likeness (QED) is 0.893. The van der Waals surface area contributed by atoms with Gasteiger partial charge in [-0.25, -0.2) is 0 Å². The van der Waals surface area contributed by atoms with Crippen molar-refractivity contribution in [3.8, 4) is 5.75 Å². The van der Waals surface area contributed by atoms with Crippen LogP contribution >= 0.6 is 0 Å². The molecule has 0 aromatic heterocycles. The van der Waals surface area contributed by atoms with Crippen LogP contribution in [0.25, 0.3) is 0 Å². The van der Waals surface area contributed by atoms with Crippen molar-refractivity contribution >= 4 is 23.5 Å². The molecule has 3 atom stereocenters. The number of carbonyl (C=O) groups is 3. The average Bonchev–Trinajstić information content (AvgIpc) is 2.58. The lowest BCUT2D eigenvalue weighted by Crippen LogP contribution is -2.52. The molecule has 0 bridgehead atoms. The molecule has 0 saturated carbocycles. The lowest BCUT2D eigenvalue weighted by Gasteiger charge is -2.37. The van der Waals surface area contributed by atoms with Crippen molar-refractivity contribution in [2.45, 2.75) is 26.4 Å². The van der Waals surface area contributed by atoms with Gasteiger partial charge in [0, 0.05) is 13.1 Å². The van der Waals surface area contributed by atoms with E-state index in [9.17, 15) is 19.5 Å². The molecule has 1 N–H and O–H groups in total. The number of para-hydroxylation sites is 2. The highest BCUT2D eigenvalue weighted by Crippen LogP contribution is 2.33. The average molecular weight is 346 g/mol. The third-order valence-electron chi connectivity index (χ3n) is 4.94. The summed E-state index contributed by atoms with van der Waals surface area (Å²) >= 11 is 0. The minimum Gasteiger partial charge on any atom is -0.481 e. The van der Waals surface area contributed by atoms with Crippen LogP contribution in [0, 0.1) is 11.8 Å². The normalized spacial score (nSPS) is 26.0. The minimum atomic E-state index is -0.814. The van der Waals surface area contributed by atoms with E-state index in [0.29, 0.717) is 30.9 Å². The van der Waals surface area contributed by atoms with Crippen LogP contribution in [0.3, 0.4) is 0 Å². The molecule has 1 aromatic rings. The molecule has 3 unspecified atom stereocenters. The van der Waals surface area contributed by atoms with Crippen LogP contribution in [0.1, 0.15) is 20.3 Å². The van der Waals surface area contributed by atoms with Gasteiger partial charge in [0.25, 0.3) is 5.91 Å². The molecule has 7 heteroatoms. The highest BCUT2D eigenvalue weighted by atomic mass is 16.5. The molecule has 7 nitrogen and oxygen atoms in total. The number of rotatable bonds is 3. The number of carboxylic acids is 1. The maximum Gasteiger partial charge on any atom is 0.306 e. The highest BCUT2D eigenvalue weighted by Gasteiger charge is 2.36. The van der Waals surface area contributed by atoms with Crippen molar-refractivity contribution in [3.63, 3.8) is 0 Å². The number of carboxylic acid groups (broad SMARTS) is 1. The van der Waals surface area contributed by atoms with Crippen molar-refractivity contribution in [3.05, 3.63) is 24.3 Å². The first kappa shape index (κ1) is 17.3. The van der Waals surface area contributed by atoms with Crippen LogP contribution in [0.4, 0.5) is 5.69 Å². The first-order chi connectivity index (χ1) is 11.9. The van der Waals surface area contributed by atoms with Gasteiger partial charge in [-0.2, -0.15) is 0 Å². The topological polar surface area (TPSA) is 87.2 Å². The van der Waals surface area contributed by atoms with Crippen molar-refractivity contribution in [2.75, 3.05) is 24.5 Å². The van der Waals surface area contributed by atoms with Crippen LogP contribution in [-0.4, -0.2) is 53.5 Å². The van der Waals surface area contributed by atoms with Crippen LogP contribution in [0.5, 0.6) is 5.75 Å². The van der Waals surface area contributed by atoms with E-state index in [4.69, 9.17) is 4.74 Å². The molecule has 0 aliphatic carbocycles. The molecule has 134 valence electrons. The largest absolute Gasteiger partial charge is 0.481 e. The molecule has 1 aromatic carbocycles. The zero-order chi connectivity index (χ0) is 18.1. The Morgan fingerprint density at radius 3 is 2.68 bits per heavy atom. The Labute approximate surface area is 146 Å². The predicted molar refractivity (Wildman–Crippen MR) is 90.4 cm³/mol. The summed E-state index contributed by atoms with van der Waals surface area (Å²) < 4.78 is 5.58. The maximum absolute atomic E-state index is 12.7. The van der Waals surface area contributed by atoms with Gasteiger partial charge in [0.1, 0.15) is 12.3 Å². The molecule has 0 spiro atoms. The number of likely N-dealkylation sites (tertiary alicyclic amines) is 1. The third-order valence-corrected chi connectivity index (χ3v) is 4.94. The molecule has 0 radical (unpaired) electrons. The zero-order valence-electron chi connectivity index (χ0n) is 14.3. The summed E-state index contributed by atoms with van der Waals surface area (Å²) in [5, 5.41) is 9.20. The fraction of sp³-hybridized carbons (Fsp3) is 0.500. The van der Waals surface area contributed by atoms with Gasteiger partial charge in [0.2, 0.25) is 5.91 Å². The number of aliphatic carboxylic acids is 1. The molecular formula is C18H22N2O5. The molecule has 25 heavy (non-hydrogen) atoms. The number of nitrogens with zero attached hydrogens (tertiary/aromatic N) is 2. The Hall–Kier alpha value is -2.57. The van der Waals surface area contributed by atoms with E-state index in [1.807, 2.05) is 13.0 Å². The van der Waals surface area contributed by atoms with E-state index in [1.54, 1.807) is 30.0 Å². The minimum absolute atomic E-state index is 0.0615. The number of hydrogen-bond acceptors (Lipinski definition) is 4. The SMILES string of the molecule is CC1Oc2ccccc2N(CC(=O)N2CCC(C(=O)O)C(C)C2)C1=O. The van der Waals surface area contributed by atoms with E-state index >= 15 is 0 Å². The zero-order valence-corrected chi connectivity index (χ0v) is 14.3. The van der Waals surface area contributed by atoms with Crippen molar-refractivity contribution in [2.24, 2.45) is 11.8 Å². The van der Waals surface area contributed by atoms with Gasteiger partial charge in [-0.1, -0.05) is 19.1 Å². The van der Waals surface area contributed by atoms with Gasteiger partial charge in [0.15, 0.2) is 6.10 Å². The van der Waals surface area contributed by atoms with Crippen molar-refractivity contribution in [1.82, 2.24) is 4.90 Å². The summed E-state index contributed by atoms with van der Waals surface area (Å²) in [6.07, 6.45) is -0.203. The maximum atomic E-state index is 12.7. The van der Waals surface area contributed by atoms with E-state index in [2.05, 4.69) is 0 Å². The van der Waals surface area contributed by atoms with Gasteiger partial charge in [-0.15, -0.1) is 0 Å². The van der Waals surface area contributed by atoms with Crippen LogP contribution in [0.15, 0.2) is 24.3 Å². The number of hydrogen-bond donors (Lipinski definition) is 1. The number of anilines is 1. The number of benzene rings is 1.